The average Bonchev–Trinajstić information content (AvgIpc) is 3.02. The molecule has 1 aliphatic rings. The second-order valence-corrected chi connectivity index (χ2v) is 6.05. The Hall–Kier alpha value is -2.68. The van der Waals surface area contributed by atoms with Gasteiger partial charge in [0.1, 0.15) is 5.75 Å². The van der Waals surface area contributed by atoms with E-state index in [4.69, 9.17) is 4.74 Å². The van der Waals surface area contributed by atoms with Crippen molar-refractivity contribution in [1.82, 2.24) is 5.32 Å². The van der Waals surface area contributed by atoms with Gasteiger partial charge in [0.25, 0.3) is 0 Å². The largest absolute Gasteiger partial charge is 0.497 e. The van der Waals surface area contributed by atoms with Crippen molar-refractivity contribution in [1.29, 1.82) is 0 Å². The van der Waals surface area contributed by atoms with Crippen LogP contribution in [-0.2, 0) is 6.54 Å². The third-order valence-electron chi connectivity index (χ3n) is 4.56. The Labute approximate surface area is 144 Å². The summed E-state index contributed by atoms with van der Waals surface area (Å²) < 4.78 is 5.19. The van der Waals surface area contributed by atoms with Gasteiger partial charge in [0, 0.05) is 36.1 Å². The van der Waals surface area contributed by atoms with E-state index in [1.165, 1.54) is 11.3 Å². The summed E-state index contributed by atoms with van der Waals surface area (Å²) in [5.74, 6) is 1.16. The Morgan fingerprint density at radius 2 is 1.88 bits per heavy atom. The van der Waals surface area contributed by atoms with Crippen molar-refractivity contribution in [2.45, 2.75) is 13.0 Å². The van der Waals surface area contributed by atoms with Gasteiger partial charge in [0.2, 0.25) is 0 Å². The number of para-hydroxylation sites is 1. The first-order chi connectivity index (χ1) is 11.7. The number of anilines is 1. The summed E-state index contributed by atoms with van der Waals surface area (Å²) in [4.78, 5) is 2.28. The highest BCUT2D eigenvalue weighted by atomic mass is 16.5. The van der Waals surface area contributed by atoms with Crippen LogP contribution in [0.5, 0.6) is 5.75 Å². The summed E-state index contributed by atoms with van der Waals surface area (Å²) in [6, 6.07) is 18.5. The summed E-state index contributed by atoms with van der Waals surface area (Å²) >= 11 is 0. The maximum absolute atomic E-state index is 5.19. The minimum atomic E-state index is 0.281. The lowest BCUT2D eigenvalue weighted by Crippen LogP contribution is -2.21. The molecule has 3 heteroatoms. The van der Waals surface area contributed by atoms with Gasteiger partial charge < -0.3 is 15.0 Å². The lowest BCUT2D eigenvalue weighted by molar-refractivity contribution is 0.414. The number of hydrogen-bond acceptors (Lipinski definition) is 3. The van der Waals surface area contributed by atoms with Crippen LogP contribution in [0.3, 0.4) is 0 Å². The average molecular weight is 320 g/mol. The van der Waals surface area contributed by atoms with Gasteiger partial charge in [-0.25, -0.2) is 0 Å². The molecule has 1 N–H and O–H groups in total. The smallest absolute Gasteiger partial charge is 0.118 e. The highest BCUT2D eigenvalue weighted by Crippen LogP contribution is 2.34. The third-order valence-corrected chi connectivity index (χ3v) is 4.56. The number of hydrogen-bond donors (Lipinski definition) is 1. The Bertz CT molecular complexity index is 706. The van der Waals surface area contributed by atoms with E-state index in [1.807, 2.05) is 18.2 Å². The van der Waals surface area contributed by atoms with Crippen molar-refractivity contribution in [2.75, 3.05) is 18.6 Å². The highest BCUT2D eigenvalue weighted by Gasteiger charge is 2.28. The number of rotatable bonds is 6. The predicted octanol–water partition coefficient (Wildman–Crippen LogP) is 4.34. The second-order valence-electron chi connectivity index (χ2n) is 6.05. The molecule has 0 radical (unpaired) electrons. The zero-order valence-corrected chi connectivity index (χ0v) is 14.2. The van der Waals surface area contributed by atoms with Crippen molar-refractivity contribution < 1.29 is 4.74 Å². The summed E-state index contributed by atoms with van der Waals surface area (Å²) in [6.45, 7) is 10.3. The zero-order valence-electron chi connectivity index (χ0n) is 14.2. The van der Waals surface area contributed by atoms with E-state index >= 15 is 0 Å². The Morgan fingerprint density at radius 3 is 2.54 bits per heavy atom. The maximum atomic E-state index is 5.19. The van der Waals surface area contributed by atoms with Gasteiger partial charge in [-0.1, -0.05) is 43.5 Å². The van der Waals surface area contributed by atoms with Crippen molar-refractivity contribution in [2.24, 2.45) is 5.92 Å². The van der Waals surface area contributed by atoms with Gasteiger partial charge in [-0.3, -0.25) is 0 Å². The fourth-order valence-electron chi connectivity index (χ4n) is 3.12. The van der Waals surface area contributed by atoms with E-state index in [-0.39, 0.29) is 5.92 Å². The van der Waals surface area contributed by atoms with Crippen LogP contribution >= 0.6 is 0 Å². The topological polar surface area (TPSA) is 24.5 Å². The normalized spacial score (nSPS) is 17.0. The first-order valence-electron chi connectivity index (χ1n) is 8.26. The molecule has 1 aliphatic heterocycles. The molecule has 3 nitrogen and oxygen atoms in total. The molecule has 0 bridgehead atoms. The van der Waals surface area contributed by atoms with Crippen LogP contribution in [0.1, 0.15) is 12.0 Å². The summed E-state index contributed by atoms with van der Waals surface area (Å²) in [6.07, 6.45) is 1.04. The number of methoxy groups -OCH3 is 1. The quantitative estimate of drug-likeness (QED) is 0.857. The minimum Gasteiger partial charge on any atom is -0.497 e. The second kappa shape index (κ2) is 7.26. The molecule has 0 aliphatic carbocycles. The van der Waals surface area contributed by atoms with Gasteiger partial charge >= 0.3 is 0 Å². The van der Waals surface area contributed by atoms with Gasteiger partial charge in [-0.15, -0.1) is 0 Å². The van der Waals surface area contributed by atoms with E-state index in [0.717, 1.165) is 36.7 Å². The van der Waals surface area contributed by atoms with E-state index in [2.05, 4.69) is 59.8 Å². The first-order valence-corrected chi connectivity index (χ1v) is 8.26. The Kier molecular flexibility index (Phi) is 4.90. The number of ether oxygens (including phenoxy) is 1. The number of benzene rings is 2. The lowest BCUT2D eigenvalue weighted by Gasteiger charge is -2.23. The molecule has 0 amide bonds. The van der Waals surface area contributed by atoms with E-state index in [9.17, 15) is 0 Å². The Balaban J connectivity index is 1.58. The van der Waals surface area contributed by atoms with Crippen LogP contribution < -0.4 is 15.0 Å². The fourth-order valence-corrected chi connectivity index (χ4v) is 3.12. The highest BCUT2D eigenvalue weighted by molar-refractivity contribution is 5.54. The molecule has 2 aromatic carbocycles. The molecule has 24 heavy (non-hydrogen) atoms. The molecule has 3 rings (SSSR count). The van der Waals surface area contributed by atoms with Gasteiger partial charge in [-0.2, -0.15) is 0 Å². The van der Waals surface area contributed by atoms with E-state index in [0.29, 0.717) is 0 Å². The maximum Gasteiger partial charge on any atom is 0.118 e. The van der Waals surface area contributed by atoms with E-state index < -0.39 is 0 Å². The van der Waals surface area contributed by atoms with Gasteiger partial charge in [-0.05, 0) is 36.2 Å². The van der Waals surface area contributed by atoms with Gasteiger partial charge in [0.15, 0.2) is 0 Å². The van der Waals surface area contributed by atoms with Crippen LogP contribution in [0.2, 0.25) is 0 Å². The van der Waals surface area contributed by atoms with Crippen molar-refractivity contribution in [3.63, 3.8) is 0 Å². The molecule has 1 saturated heterocycles. The summed E-state index contributed by atoms with van der Waals surface area (Å²) in [5, 5.41) is 3.46. The molecular weight excluding hydrogens is 296 g/mol. The number of nitrogens with zero attached hydrogens (tertiary/aromatic N) is 1. The minimum absolute atomic E-state index is 0.281. The molecule has 1 heterocycles. The molecule has 2 aromatic rings. The zero-order chi connectivity index (χ0) is 16.9. The SMILES string of the molecule is C=C(NCc1ccc(OC)cc1)C1CCN(c2ccccc2)C1=C. The summed E-state index contributed by atoms with van der Waals surface area (Å²) in [5.41, 5.74) is 4.57. The van der Waals surface area contributed by atoms with Crippen molar-refractivity contribution in [3.8, 4) is 5.75 Å². The lowest BCUT2D eigenvalue weighted by atomic mass is 10.0. The first kappa shape index (κ1) is 16.2. The summed E-state index contributed by atoms with van der Waals surface area (Å²) in [7, 11) is 1.68. The molecular formula is C21H24N2O. The predicted molar refractivity (Wildman–Crippen MR) is 100 cm³/mol. The third kappa shape index (κ3) is 3.46. The Morgan fingerprint density at radius 1 is 1.17 bits per heavy atom. The monoisotopic (exact) mass is 320 g/mol. The van der Waals surface area contributed by atoms with Crippen LogP contribution in [0.4, 0.5) is 5.69 Å². The van der Waals surface area contributed by atoms with Crippen LogP contribution in [0, 0.1) is 5.92 Å². The molecule has 0 aromatic heterocycles. The molecule has 0 saturated carbocycles. The van der Waals surface area contributed by atoms with E-state index in [1.54, 1.807) is 7.11 Å². The van der Waals surface area contributed by atoms with Crippen molar-refractivity contribution >= 4 is 5.69 Å². The van der Waals surface area contributed by atoms with Crippen molar-refractivity contribution in [3.05, 3.63) is 84.7 Å². The molecule has 1 fully saturated rings. The van der Waals surface area contributed by atoms with Crippen LogP contribution in [0.15, 0.2) is 79.1 Å². The molecule has 124 valence electrons. The number of nitrogens with one attached hydrogen (secondary N) is 1. The molecule has 1 atom stereocenters. The molecule has 1 unspecified atom stereocenters. The molecule has 0 spiro atoms. The van der Waals surface area contributed by atoms with Crippen LogP contribution in [0.25, 0.3) is 0 Å². The fraction of sp³-hybridized carbons (Fsp3) is 0.238. The standard InChI is InChI=1S/C21H24N2O/c1-16(22-15-18-9-11-20(24-3)12-10-18)21-13-14-23(17(21)2)19-7-5-4-6-8-19/h4-12,21-22H,1-2,13-15H2,3H3. The van der Waals surface area contributed by atoms with Gasteiger partial charge in [0.05, 0.1) is 7.11 Å². The van der Waals surface area contributed by atoms with Crippen LogP contribution in [-0.4, -0.2) is 13.7 Å².